The molecule has 1 aromatic rings. The van der Waals surface area contributed by atoms with Crippen molar-refractivity contribution >= 4 is 29.9 Å². The van der Waals surface area contributed by atoms with Gasteiger partial charge in [-0.3, -0.25) is 4.99 Å². The number of likely N-dealkylation sites (N-methyl/N-ethyl adjacent to an activating group) is 1. The fraction of sp³-hybridized carbons (Fsp3) is 0.611. The van der Waals surface area contributed by atoms with Crippen LogP contribution < -0.4 is 14.8 Å². The van der Waals surface area contributed by atoms with Gasteiger partial charge in [-0.2, -0.15) is 0 Å². The lowest BCUT2D eigenvalue weighted by Crippen LogP contribution is -2.42. The molecule has 0 amide bonds. The molecule has 1 N–H and O–H groups in total. The number of rotatable bonds is 8. The molecule has 0 heterocycles. The molecule has 0 aromatic heterocycles. The van der Waals surface area contributed by atoms with E-state index in [1.54, 1.807) is 21.3 Å². The first kappa shape index (κ1) is 23.8. The quantitative estimate of drug-likeness (QED) is 0.364. The van der Waals surface area contributed by atoms with Crippen molar-refractivity contribution in [1.82, 2.24) is 15.1 Å². The molecule has 0 atom stereocenters. The molecule has 25 heavy (non-hydrogen) atoms. The predicted molar refractivity (Wildman–Crippen MR) is 116 cm³/mol. The van der Waals surface area contributed by atoms with Gasteiger partial charge in [-0.1, -0.05) is 0 Å². The van der Waals surface area contributed by atoms with Gasteiger partial charge in [0.1, 0.15) is 11.5 Å². The van der Waals surface area contributed by atoms with Crippen molar-refractivity contribution in [2.24, 2.45) is 4.99 Å². The minimum atomic E-state index is 0. The number of hydrogen-bond acceptors (Lipinski definition) is 4. The summed E-state index contributed by atoms with van der Waals surface area (Å²) < 4.78 is 10.7. The van der Waals surface area contributed by atoms with Gasteiger partial charge in [0.2, 0.25) is 0 Å². The number of guanidine groups is 1. The van der Waals surface area contributed by atoms with Crippen LogP contribution in [0.5, 0.6) is 11.5 Å². The lowest BCUT2D eigenvalue weighted by atomic mass is 10.2. The summed E-state index contributed by atoms with van der Waals surface area (Å²) >= 11 is 0. The van der Waals surface area contributed by atoms with Crippen LogP contribution in [0, 0.1) is 0 Å². The molecule has 0 saturated heterocycles. The summed E-state index contributed by atoms with van der Waals surface area (Å²) in [7, 11) is 9.27. The average molecular weight is 464 g/mol. The number of nitrogens with one attached hydrogen (secondary N) is 1. The van der Waals surface area contributed by atoms with Gasteiger partial charge in [0.05, 0.1) is 14.2 Å². The third-order valence-corrected chi connectivity index (χ3v) is 4.10. The largest absolute Gasteiger partial charge is 0.497 e. The Morgan fingerprint density at radius 1 is 1.20 bits per heavy atom. The zero-order chi connectivity index (χ0) is 18.1. The summed E-state index contributed by atoms with van der Waals surface area (Å²) in [4.78, 5) is 8.74. The molecule has 144 valence electrons. The normalized spacial score (nSPS) is 11.3. The predicted octanol–water partition coefficient (Wildman–Crippen LogP) is 2.67. The third kappa shape index (κ3) is 7.68. The summed E-state index contributed by atoms with van der Waals surface area (Å²) in [5, 5.41) is 3.40. The highest BCUT2D eigenvalue weighted by atomic mass is 127. The van der Waals surface area contributed by atoms with E-state index in [1.807, 2.05) is 25.2 Å². The zero-order valence-electron chi connectivity index (χ0n) is 16.5. The molecule has 0 fully saturated rings. The van der Waals surface area contributed by atoms with E-state index < -0.39 is 0 Å². The zero-order valence-corrected chi connectivity index (χ0v) is 18.8. The summed E-state index contributed by atoms with van der Waals surface area (Å²) in [6.45, 7) is 6.91. The molecule has 1 aromatic carbocycles. The fourth-order valence-corrected chi connectivity index (χ4v) is 2.30. The van der Waals surface area contributed by atoms with E-state index in [1.165, 1.54) is 0 Å². The van der Waals surface area contributed by atoms with Crippen molar-refractivity contribution in [1.29, 1.82) is 0 Å². The van der Waals surface area contributed by atoms with Crippen LogP contribution in [0.25, 0.3) is 0 Å². The number of hydrogen-bond donors (Lipinski definition) is 1. The van der Waals surface area contributed by atoms with Crippen molar-refractivity contribution in [3.63, 3.8) is 0 Å². The Labute approximate surface area is 169 Å². The van der Waals surface area contributed by atoms with Gasteiger partial charge < -0.3 is 24.6 Å². The maximum atomic E-state index is 5.47. The second-order valence-corrected chi connectivity index (χ2v) is 6.08. The molecule has 0 aliphatic heterocycles. The highest BCUT2D eigenvalue weighted by Gasteiger charge is 2.11. The molecular formula is C18H33IN4O2. The molecule has 7 heteroatoms. The van der Waals surface area contributed by atoms with Crippen LogP contribution in [0.2, 0.25) is 0 Å². The maximum absolute atomic E-state index is 5.47. The smallest absolute Gasteiger partial charge is 0.193 e. The highest BCUT2D eigenvalue weighted by Crippen LogP contribution is 2.25. The minimum absolute atomic E-state index is 0. The SMILES string of the molecule is CN=C(NCCN(C)C(C)C)N(C)Cc1ccc(OC)cc1OC.I. The van der Waals surface area contributed by atoms with Gasteiger partial charge in [-0.05, 0) is 33.0 Å². The van der Waals surface area contributed by atoms with Crippen LogP contribution in [0.3, 0.4) is 0 Å². The molecule has 0 radical (unpaired) electrons. The molecule has 1 rings (SSSR count). The Morgan fingerprint density at radius 2 is 1.88 bits per heavy atom. The lowest BCUT2D eigenvalue weighted by molar-refractivity contribution is 0.276. The standard InChI is InChI=1S/C18H32N4O2.HI/c1-14(2)21(4)11-10-20-18(19-3)22(5)13-15-8-9-16(23-6)12-17(15)24-7;/h8-9,12,14H,10-11,13H2,1-7H3,(H,19,20);1H. The van der Waals surface area contributed by atoms with E-state index in [2.05, 4.69) is 41.0 Å². The number of benzene rings is 1. The Morgan fingerprint density at radius 3 is 2.40 bits per heavy atom. The minimum Gasteiger partial charge on any atom is -0.497 e. The maximum Gasteiger partial charge on any atom is 0.193 e. The monoisotopic (exact) mass is 464 g/mol. The first-order valence-corrected chi connectivity index (χ1v) is 8.25. The van der Waals surface area contributed by atoms with E-state index in [9.17, 15) is 0 Å². The van der Waals surface area contributed by atoms with Gasteiger partial charge in [-0.25, -0.2) is 0 Å². The van der Waals surface area contributed by atoms with Gasteiger partial charge in [0, 0.05) is 51.4 Å². The number of nitrogens with zero attached hydrogens (tertiary/aromatic N) is 3. The summed E-state index contributed by atoms with van der Waals surface area (Å²) in [6.07, 6.45) is 0. The first-order valence-electron chi connectivity index (χ1n) is 8.25. The summed E-state index contributed by atoms with van der Waals surface area (Å²) in [5.74, 6) is 2.47. The van der Waals surface area contributed by atoms with E-state index in [-0.39, 0.29) is 24.0 Å². The molecule has 0 bridgehead atoms. The van der Waals surface area contributed by atoms with Crippen molar-refractivity contribution in [2.75, 3.05) is 48.5 Å². The van der Waals surface area contributed by atoms with Gasteiger partial charge >= 0.3 is 0 Å². The second-order valence-electron chi connectivity index (χ2n) is 6.08. The van der Waals surface area contributed by atoms with Crippen molar-refractivity contribution in [3.8, 4) is 11.5 Å². The molecular weight excluding hydrogens is 431 g/mol. The highest BCUT2D eigenvalue weighted by molar-refractivity contribution is 14.0. The summed E-state index contributed by atoms with van der Waals surface area (Å²) in [5.41, 5.74) is 1.09. The molecule has 0 aliphatic carbocycles. The number of halogens is 1. The van der Waals surface area contributed by atoms with Gasteiger partial charge in [-0.15, -0.1) is 24.0 Å². The van der Waals surface area contributed by atoms with E-state index in [0.29, 0.717) is 12.6 Å². The second kappa shape index (κ2) is 12.2. The van der Waals surface area contributed by atoms with Gasteiger partial charge in [0.15, 0.2) is 5.96 Å². The molecule has 0 spiro atoms. The lowest BCUT2D eigenvalue weighted by Gasteiger charge is -2.25. The molecule has 0 saturated carbocycles. The Hall–Kier alpha value is -1.22. The number of aliphatic imine (C=N–C) groups is 1. The van der Waals surface area contributed by atoms with E-state index in [0.717, 1.165) is 36.1 Å². The molecule has 0 unspecified atom stereocenters. The topological polar surface area (TPSA) is 49.3 Å². The Bertz CT molecular complexity index is 538. The molecule has 6 nitrogen and oxygen atoms in total. The van der Waals surface area contributed by atoms with Crippen LogP contribution in [-0.2, 0) is 6.54 Å². The van der Waals surface area contributed by atoms with E-state index in [4.69, 9.17) is 9.47 Å². The number of methoxy groups -OCH3 is 2. The van der Waals surface area contributed by atoms with Crippen molar-refractivity contribution in [3.05, 3.63) is 23.8 Å². The van der Waals surface area contributed by atoms with Crippen LogP contribution in [0.15, 0.2) is 23.2 Å². The Kier molecular flexibility index (Phi) is 11.6. The van der Waals surface area contributed by atoms with E-state index >= 15 is 0 Å². The van der Waals surface area contributed by atoms with Crippen molar-refractivity contribution < 1.29 is 9.47 Å². The van der Waals surface area contributed by atoms with Crippen LogP contribution >= 0.6 is 24.0 Å². The van der Waals surface area contributed by atoms with Crippen LogP contribution in [0.1, 0.15) is 19.4 Å². The molecule has 0 aliphatic rings. The average Bonchev–Trinajstić information content (AvgIpc) is 2.58. The first-order chi connectivity index (χ1) is 11.4. The summed E-state index contributed by atoms with van der Waals surface area (Å²) in [6, 6.07) is 6.40. The Balaban J connectivity index is 0.00000576. The van der Waals surface area contributed by atoms with Crippen LogP contribution in [0.4, 0.5) is 0 Å². The van der Waals surface area contributed by atoms with Crippen LogP contribution in [-0.4, -0.2) is 70.3 Å². The van der Waals surface area contributed by atoms with Gasteiger partial charge in [0.25, 0.3) is 0 Å². The van der Waals surface area contributed by atoms with Crippen molar-refractivity contribution in [2.45, 2.75) is 26.4 Å². The fourth-order valence-electron chi connectivity index (χ4n) is 2.30. The third-order valence-electron chi connectivity index (χ3n) is 4.10. The number of ether oxygens (including phenoxy) is 2.